The number of nitrogens with one attached hydrogen (secondary N) is 1. The molecule has 0 aliphatic rings. The third-order valence-corrected chi connectivity index (χ3v) is 6.95. The molecule has 0 amide bonds. The maximum atomic E-state index is 14.6. The fraction of sp³-hybridized carbons (Fsp3) is 0.0417. The van der Waals surface area contributed by atoms with Gasteiger partial charge in [-0.15, -0.1) is 0 Å². The van der Waals surface area contributed by atoms with Crippen LogP contribution in [-0.4, -0.2) is 30.2 Å². The maximum Gasteiger partial charge on any atom is 0.263 e. The van der Waals surface area contributed by atoms with E-state index in [9.17, 15) is 17.6 Å². The Labute approximate surface area is 208 Å². The molecule has 1 N–H and O–H groups in total. The average molecular weight is 527 g/mol. The Hall–Kier alpha value is -4.22. The summed E-state index contributed by atoms with van der Waals surface area (Å²) in [7, 11) is -2.56. The van der Waals surface area contributed by atoms with Crippen molar-refractivity contribution >= 4 is 38.3 Å². The fourth-order valence-electron chi connectivity index (χ4n) is 3.71. The average Bonchev–Trinajstić information content (AvgIpc) is 3.36. The minimum Gasteiger partial charge on any atom is -0.493 e. The Balaban J connectivity index is 1.67. The van der Waals surface area contributed by atoms with Crippen LogP contribution in [0.15, 0.2) is 87.3 Å². The van der Waals surface area contributed by atoms with Crippen LogP contribution in [0.4, 0.5) is 10.2 Å². The van der Waals surface area contributed by atoms with Crippen molar-refractivity contribution in [3.63, 3.8) is 0 Å². The fourth-order valence-corrected chi connectivity index (χ4v) is 4.90. The largest absolute Gasteiger partial charge is 0.493 e. The van der Waals surface area contributed by atoms with Gasteiger partial charge in [0.25, 0.3) is 15.6 Å². The molecule has 0 aliphatic carbocycles. The van der Waals surface area contributed by atoms with Crippen LogP contribution in [0, 0.1) is 5.82 Å². The molecular weight excluding hydrogens is 511 g/mol. The molecule has 0 atom stereocenters. The second-order valence-electron chi connectivity index (χ2n) is 7.58. The number of benzene rings is 2. The second-order valence-corrected chi connectivity index (χ2v) is 9.70. The van der Waals surface area contributed by atoms with E-state index >= 15 is 0 Å². The van der Waals surface area contributed by atoms with Gasteiger partial charge in [0.15, 0.2) is 11.6 Å². The van der Waals surface area contributed by atoms with Crippen molar-refractivity contribution in [3.05, 3.63) is 94.3 Å². The molecule has 9 nitrogen and oxygen atoms in total. The van der Waals surface area contributed by atoms with E-state index < -0.39 is 21.4 Å². The van der Waals surface area contributed by atoms with E-state index in [-0.39, 0.29) is 32.7 Å². The number of ether oxygens (including phenoxy) is 1. The van der Waals surface area contributed by atoms with Crippen LogP contribution in [0.2, 0.25) is 5.02 Å². The molecule has 3 aromatic heterocycles. The highest BCUT2D eigenvalue weighted by Gasteiger charge is 2.19. The lowest BCUT2D eigenvalue weighted by molar-refractivity contribution is 0.411. The molecule has 0 saturated heterocycles. The first-order valence-corrected chi connectivity index (χ1v) is 12.2. The van der Waals surface area contributed by atoms with Crippen LogP contribution in [0.5, 0.6) is 5.75 Å². The van der Waals surface area contributed by atoms with Crippen molar-refractivity contribution < 1.29 is 22.1 Å². The van der Waals surface area contributed by atoms with E-state index in [1.807, 2.05) is 0 Å². The summed E-state index contributed by atoms with van der Waals surface area (Å²) in [4.78, 5) is 17.2. The van der Waals surface area contributed by atoms with Crippen molar-refractivity contribution in [1.29, 1.82) is 0 Å². The molecule has 2 aromatic carbocycles. The smallest absolute Gasteiger partial charge is 0.263 e. The summed E-state index contributed by atoms with van der Waals surface area (Å²) in [5.74, 6) is -0.290. The summed E-state index contributed by atoms with van der Waals surface area (Å²) in [6.07, 6.45) is 2.62. The van der Waals surface area contributed by atoms with Crippen molar-refractivity contribution in [1.82, 2.24) is 14.7 Å². The zero-order valence-electron chi connectivity index (χ0n) is 18.5. The van der Waals surface area contributed by atoms with E-state index in [0.717, 1.165) is 0 Å². The summed E-state index contributed by atoms with van der Waals surface area (Å²) in [5, 5.41) is 4.24. The van der Waals surface area contributed by atoms with Crippen LogP contribution in [-0.2, 0) is 10.0 Å². The van der Waals surface area contributed by atoms with Gasteiger partial charge in [0.1, 0.15) is 12.1 Å². The number of hydrogen-bond donors (Lipinski definition) is 1. The van der Waals surface area contributed by atoms with E-state index in [1.165, 1.54) is 84.8 Å². The monoisotopic (exact) mass is 526 g/mol. The van der Waals surface area contributed by atoms with Gasteiger partial charge in [0, 0.05) is 28.1 Å². The first-order chi connectivity index (χ1) is 17.3. The van der Waals surface area contributed by atoms with Crippen LogP contribution in [0.3, 0.4) is 0 Å². The van der Waals surface area contributed by atoms with Crippen LogP contribution < -0.4 is 15.0 Å². The summed E-state index contributed by atoms with van der Waals surface area (Å²) in [6.45, 7) is 0. The number of anilines is 1. The molecule has 0 spiro atoms. The minimum atomic E-state index is -3.97. The summed E-state index contributed by atoms with van der Waals surface area (Å²) in [6, 6.07) is 14.2. The van der Waals surface area contributed by atoms with Gasteiger partial charge in [-0.1, -0.05) is 16.8 Å². The molecule has 0 aliphatic heterocycles. The number of pyridine rings is 2. The van der Waals surface area contributed by atoms with Gasteiger partial charge >= 0.3 is 0 Å². The Morgan fingerprint density at radius 2 is 1.92 bits per heavy atom. The Kier molecular flexibility index (Phi) is 5.94. The van der Waals surface area contributed by atoms with Crippen LogP contribution in [0.1, 0.15) is 0 Å². The highest BCUT2D eigenvalue weighted by atomic mass is 35.5. The molecule has 0 unspecified atom stereocenters. The minimum absolute atomic E-state index is 0.0311. The number of aromatic nitrogens is 3. The Morgan fingerprint density at radius 3 is 2.64 bits per heavy atom. The lowest BCUT2D eigenvalue weighted by Crippen LogP contribution is -2.19. The zero-order valence-corrected chi connectivity index (χ0v) is 20.0. The topological polar surface area (TPSA) is 116 Å². The molecule has 0 saturated carbocycles. The van der Waals surface area contributed by atoms with Crippen LogP contribution in [0.25, 0.3) is 27.8 Å². The Bertz CT molecular complexity index is 1770. The maximum absolute atomic E-state index is 14.6. The molecule has 12 heteroatoms. The highest BCUT2D eigenvalue weighted by molar-refractivity contribution is 7.92. The van der Waals surface area contributed by atoms with Crippen LogP contribution >= 0.6 is 11.6 Å². The first-order valence-electron chi connectivity index (χ1n) is 10.4. The summed E-state index contributed by atoms with van der Waals surface area (Å²) >= 11 is 5.87. The SMILES string of the molecule is COc1cnc(-c2ccc(Cl)cc2F)cc1-n1c(=O)ccc2cc(S(=O)(=O)Nc3ccon3)ccc21. The number of sulfonamides is 1. The number of rotatable bonds is 6. The lowest BCUT2D eigenvalue weighted by Gasteiger charge is -2.16. The van der Waals surface area contributed by atoms with Gasteiger partial charge in [0.2, 0.25) is 0 Å². The molecule has 36 heavy (non-hydrogen) atoms. The molecule has 5 aromatic rings. The molecule has 182 valence electrons. The molecule has 0 fully saturated rings. The number of halogens is 2. The van der Waals surface area contributed by atoms with Crippen molar-refractivity contribution in [2.45, 2.75) is 4.90 Å². The summed E-state index contributed by atoms with van der Waals surface area (Å²) in [5.41, 5.74) is 0.716. The lowest BCUT2D eigenvalue weighted by atomic mass is 10.1. The van der Waals surface area contributed by atoms with Crippen molar-refractivity contribution in [2.24, 2.45) is 0 Å². The van der Waals surface area contributed by atoms with Gasteiger partial charge < -0.3 is 9.26 Å². The van der Waals surface area contributed by atoms with E-state index in [0.29, 0.717) is 16.6 Å². The number of methoxy groups -OCH3 is 1. The van der Waals surface area contributed by atoms with Gasteiger partial charge in [-0.3, -0.25) is 19.1 Å². The first kappa shape index (κ1) is 23.5. The van der Waals surface area contributed by atoms with E-state index in [2.05, 4.69) is 19.4 Å². The number of hydrogen-bond acceptors (Lipinski definition) is 7. The van der Waals surface area contributed by atoms with Gasteiger partial charge in [-0.05, 0) is 48.5 Å². The Morgan fingerprint density at radius 1 is 1.08 bits per heavy atom. The number of nitrogens with zero attached hydrogens (tertiary/aromatic N) is 3. The third kappa shape index (κ3) is 4.30. The quantitative estimate of drug-likeness (QED) is 0.342. The predicted octanol–water partition coefficient (Wildman–Crippen LogP) is 4.64. The summed E-state index contributed by atoms with van der Waals surface area (Å²) < 4.78 is 53.9. The molecule has 5 rings (SSSR count). The van der Waals surface area contributed by atoms with E-state index in [4.69, 9.17) is 16.3 Å². The van der Waals surface area contributed by atoms with Crippen molar-refractivity contribution in [3.8, 4) is 22.7 Å². The third-order valence-electron chi connectivity index (χ3n) is 5.37. The molecule has 0 radical (unpaired) electrons. The predicted molar refractivity (Wildman–Crippen MR) is 132 cm³/mol. The van der Waals surface area contributed by atoms with Gasteiger partial charge in [-0.25, -0.2) is 12.8 Å². The molecular formula is C24H16ClFN4O5S. The van der Waals surface area contributed by atoms with Crippen molar-refractivity contribution in [2.75, 3.05) is 11.8 Å². The molecule has 0 bridgehead atoms. The van der Waals surface area contributed by atoms with Gasteiger partial charge in [-0.2, -0.15) is 0 Å². The van der Waals surface area contributed by atoms with E-state index in [1.54, 1.807) is 0 Å². The zero-order chi connectivity index (χ0) is 25.4. The normalized spacial score (nSPS) is 11.5. The second kappa shape index (κ2) is 9.10. The molecule has 3 heterocycles. The standard InChI is InChI=1S/C24H16ClFN4O5S/c1-34-22-13-27-19(17-5-3-15(25)11-18(17)26)12-21(22)30-20-6-4-16(10-14(20)2-7-24(30)31)36(32,33)29-23-8-9-35-28-23/h2-13H,1H3,(H,28,29). The number of fused-ring (bicyclic) bond motifs is 1. The highest BCUT2D eigenvalue weighted by Crippen LogP contribution is 2.31. The van der Waals surface area contributed by atoms with Gasteiger partial charge in [0.05, 0.1) is 35.1 Å².